The number of carbonyl (C=O) groups is 3. The molecule has 1 saturated carbocycles. The highest BCUT2D eigenvalue weighted by molar-refractivity contribution is 5.89. The van der Waals surface area contributed by atoms with Crippen LogP contribution in [0.5, 0.6) is 5.75 Å². The van der Waals surface area contributed by atoms with Gasteiger partial charge in [-0.3, -0.25) is 19.3 Å². The first-order chi connectivity index (χ1) is 14.8. The van der Waals surface area contributed by atoms with Crippen LogP contribution in [0.15, 0.2) is 24.3 Å². The van der Waals surface area contributed by atoms with Crippen LogP contribution in [-0.4, -0.2) is 72.5 Å². The lowest BCUT2D eigenvalue weighted by atomic mass is 9.79. The number of nitrogens with two attached hydrogens (primary N) is 1. The van der Waals surface area contributed by atoms with Crippen molar-refractivity contribution < 1.29 is 24.2 Å². The fourth-order valence-electron chi connectivity index (χ4n) is 5.77. The van der Waals surface area contributed by atoms with Crippen molar-refractivity contribution in [1.82, 2.24) is 9.80 Å². The van der Waals surface area contributed by atoms with Gasteiger partial charge in [-0.15, -0.1) is 0 Å². The quantitative estimate of drug-likeness (QED) is 0.729. The van der Waals surface area contributed by atoms with E-state index in [1.165, 1.54) is 5.56 Å². The Labute approximate surface area is 182 Å². The molecule has 4 atom stereocenters. The number of carboxylic acids is 1. The molecule has 3 aliphatic rings. The topological polar surface area (TPSA) is 113 Å². The summed E-state index contributed by atoms with van der Waals surface area (Å²) >= 11 is 0. The van der Waals surface area contributed by atoms with Crippen LogP contribution in [-0.2, 0) is 14.4 Å². The molecule has 1 aromatic carbocycles. The maximum Gasteiger partial charge on any atom is 0.308 e. The number of hydrogen-bond donors (Lipinski definition) is 2. The Morgan fingerprint density at radius 2 is 1.90 bits per heavy atom. The number of hydrogen-bond acceptors (Lipinski definition) is 5. The zero-order chi connectivity index (χ0) is 22.3. The summed E-state index contributed by atoms with van der Waals surface area (Å²) in [7, 11) is 3.44. The number of primary amides is 1. The molecule has 1 aromatic rings. The van der Waals surface area contributed by atoms with Crippen molar-refractivity contribution in [1.29, 1.82) is 0 Å². The van der Waals surface area contributed by atoms with Gasteiger partial charge in [0.15, 0.2) is 0 Å². The molecule has 8 nitrogen and oxygen atoms in total. The summed E-state index contributed by atoms with van der Waals surface area (Å²) in [5.41, 5.74) is 6.29. The Kier molecular flexibility index (Phi) is 5.68. The van der Waals surface area contributed by atoms with Gasteiger partial charge in [0.25, 0.3) is 0 Å². The molecule has 168 valence electrons. The van der Waals surface area contributed by atoms with Crippen molar-refractivity contribution in [3.63, 3.8) is 0 Å². The summed E-state index contributed by atoms with van der Waals surface area (Å²) in [6, 6.07) is 7.33. The first-order valence-corrected chi connectivity index (χ1v) is 10.9. The molecule has 4 rings (SSSR count). The van der Waals surface area contributed by atoms with E-state index in [1.807, 2.05) is 28.0 Å². The van der Waals surface area contributed by atoms with Crippen molar-refractivity contribution in [3.8, 4) is 5.75 Å². The average molecular weight is 430 g/mol. The Bertz CT molecular complexity index is 882. The second-order valence-electron chi connectivity index (χ2n) is 9.41. The van der Waals surface area contributed by atoms with Crippen LogP contribution < -0.4 is 10.5 Å². The van der Waals surface area contributed by atoms with Crippen molar-refractivity contribution in [2.45, 2.75) is 37.6 Å². The highest BCUT2D eigenvalue weighted by Crippen LogP contribution is 2.59. The van der Waals surface area contributed by atoms with Gasteiger partial charge in [0, 0.05) is 25.6 Å². The van der Waals surface area contributed by atoms with Crippen LogP contribution in [0.2, 0.25) is 0 Å². The molecule has 0 radical (unpaired) electrons. The Morgan fingerprint density at radius 3 is 2.48 bits per heavy atom. The minimum Gasteiger partial charge on any atom is -0.497 e. The highest BCUT2D eigenvalue weighted by Gasteiger charge is 2.63. The van der Waals surface area contributed by atoms with Crippen molar-refractivity contribution >= 4 is 17.8 Å². The maximum absolute atomic E-state index is 13.4. The van der Waals surface area contributed by atoms with Crippen LogP contribution in [0.4, 0.5) is 0 Å². The third-order valence-electron chi connectivity index (χ3n) is 7.52. The number of likely N-dealkylation sites (tertiary alicyclic amines) is 2. The van der Waals surface area contributed by atoms with E-state index in [0.29, 0.717) is 38.4 Å². The third-order valence-corrected chi connectivity index (χ3v) is 7.52. The van der Waals surface area contributed by atoms with Gasteiger partial charge < -0.3 is 20.5 Å². The van der Waals surface area contributed by atoms with Gasteiger partial charge >= 0.3 is 5.97 Å². The Hall–Kier alpha value is -2.61. The Balaban J connectivity index is 1.43. The lowest BCUT2D eigenvalue weighted by Gasteiger charge is -2.44. The lowest BCUT2D eigenvalue weighted by Crippen LogP contribution is -2.59. The number of benzene rings is 1. The summed E-state index contributed by atoms with van der Waals surface area (Å²) in [5, 5.41) is 9.87. The van der Waals surface area contributed by atoms with Gasteiger partial charge in [-0.1, -0.05) is 12.1 Å². The molecule has 1 aliphatic carbocycles. The van der Waals surface area contributed by atoms with E-state index in [1.54, 1.807) is 14.2 Å². The predicted octanol–water partition coefficient (Wildman–Crippen LogP) is 1.30. The molecular weight excluding hydrogens is 398 g/mol. The van der Waals surface area contributed by atoms with Gasteiger partial charge in [0.05, 0.1) is 13.0 Å². The number of nitrogens with zero attached hydrogens (tertiary/aromatic N) is 2. The molecule has 2 aliphatic heterocycles. The van der Waals surface area contributed by atoms with Crippen molar-refractivity contribution in [3.05, 3.63) is 29.8 Å². The maximum atomic E-state index is 13.4. The number of carboxylic acid groups (broad SMARTS) is 1. The standard InChI is InChI=1S/C23H31N3O5/c1-25-13-23(12-18(23)20(24)27)11-17(22(29)30)19(25)21(28)26-8-6-14(7-9-26)15-4-3-5-16(10-15)31-2/h3-5,10,14,17-19H,6-9,11-13H2,1-2H3,(H2,24,27)(H,29,30). The predicted molar refractivity (Wildman–Crippen MR) is 113 cm³/mol. The van der Waals surface area contributed by atoms with Gasteiger partial charge in [-0.05, 0) is 61.8 Å². The summed E-state index contributed by atoms with van der Waals surface area (Å²) in [4.78, 5) is 40.7. The highest BCUT2D eigenvalue weighted by atomic mass is 16.5. The van der Waals surface area contributed by atoms with Crippen LogP contribution in [0.1, 0.15) is 37.2 Å². The van der Waals surface area contributed by atoms with Crippen LogP contribution in [0.3, 0.4) is 0 Å². The first kappa shape index (κ1) is 21.6. The minimum absolute atomic E-state index is 0.120. The summed E-state index contributed by atoms with van der Waals surface area (Å²) in [5.74, 6) is -1.41. The van der Waals surface area contributed by atoms with E-state index < -0.39 is 17.9 Å². The minimum atomic E-state index is -0.981. The third kappa shape index (κ3) is 4.01. The molecule has 2 amide bonds. The molecule has 8 heteroatoms. The molecule has 0 bridgehead atoms. The summed E-state index contributed by atoms with van der Waals surface area (Å²) in [6.45, 7) is 1.74. The van der Waals surface area contributed by atoms with Crippen LogP contribution in [0.25, 0.3) is 0 Å². The fourth-order valence-corrected chi connectivity index (χ4v) is 5.77. The second kappa shape index (κ2) is 8.15. The SMILES string of the molecule is COc1cccc(C2CCN(C(=O)C3C(C(=O)O)CC4(CC4C(N)=O)CN3C)CC2)c1. The van der Waals surface area contributed by atoms with E-state index in [9.17, 15) is 19.5 Å². The second-order valence-corrected chi connectivity index (χ2v) is 9.41. The molecule has 4 unspecified atom stereocenters. The van der Waals surface area contributed by atoms with E-state index in [0.717, 1.165) is 18.6 Å². The zero-order valence-electron chi connectivity index (χ0n) is 18.1. The molecule has 0 aromatic heterocycles. The van der Waals surface area contributed by atoms with Gasteiger partial charge in [-0.2, -0.15) is 0 Å². The number of carbonyl (C=O) groups excluding carboxylic acids is 2. The lowest BCUT2D eigenvalue weighted by molar-refractivity contribution is -0.156. The summed E-state index contributed by atoms with van der Waals surface area (Å²) in [6.07, 6.45) is 2.61. The van der Waals surface area contributed by atoms with Gasteiger partial charge in [0.1, 0.15) is 11.8 Å². The molecule has 31 heavy (non-hydrogen) atoms. The van der Waals surface area contributed by atoms with Crippen LogP contribution in [0, 0.1) is 17.3 Å². The normalized spacial score (nSPS) is 31.4. The van der Waals surface area contributed by atoms with E-state index in [-0.39, 0.29) is 23.1 Å². The molecule has 2 saturated heterocycles. The van der Waals surface area contributed by atoms with E-state index >= 15 is 0 Å². The van der Waals surface area contributed by atoms with E-state index in [2.05, 4.69) is 6.07 Å². The number of methoxy groups -OCH3 is 1. The monoisotopic (exact) mass is 429 g/mol. The average Bonchev–Trinajstić information content (AvgIpc) is 3.46. The van der Waals surface area contributed by atoms with Crippen LogP contribution >= 0.6 is 0 Å². The largest absolute Gasteiger partial charge is 0.497 e. The van der Waals surface area contributed by atoms with E-state index in [4.69, 9.17) is 10.5 Å². The molecular formula is C23H31N3O5. The zero-order valence-corrected chi connectivity index (χ0v) is 18.1. The fraction of sp³-hybridized carbons (Fsp3) is 0.609. The summed E-state index contributed by atoms with van der Waals surface area (Å²) < 4.78 is 5.32. The van der Waals surface area contributed by atoms with Crippen molar-refractivity contribution in [2.75, 3.05) is 33.8 Å². The number of amides is 2. The molecule has 1 spiro atoms. The number of rotatable bonds is 5. The molecule has 2 heterocycles. The van der Waals surface area contributed by atoms with Crippen molar-refractivity contribution in [2.24, 2.45) is 23.0 Å². The number of likely N-dealkylation sites (N-methyl/N-ethyl adjacent to an activating group) is 1. The first-order valence-electron chi connectivity index (χ1n) is 10.9. The number of piperidine rings is 2. The number of aliphatic carboxylic acids is 1. The number of ether oxygens (including phenoxy) is 1. The molecule has 3 N–H and O–H groups in total. The van der Waals surface area contributed by atoms with Gasteiger partial charge in [-0.25, -0.2) is 0 Å². The smallest absolute Gasteiger partial charge is 0.308 e. The Morgan fingerprint density at radius 1 is 1.19 bits per heavy atom. The van der Waals surface area contributed by atoms with Gasteiger partial charge in [0.2, 0.25) is 11.8 Å². The molecule has 3 fully saturated rings.